The summed E-state index contributed by atoms with van der Waals surface area (Å²) in [7, 11) is 1.39. The molecule has 2 amide bonds. The number of nitriles is 1. The normalized spacial score (nSPS) is 22.5. The number of pyridine rings is 1. The Morgan fingerprint density at radius 2 is 1.79 bits per heavy atom. The van der Waals surface area contributed by atoms with Crippen molar-refractivity contribution in [3.05, 3.63) is 41.5 Å². The number of piperidine rings is 1. The van der Waals surface area contributed by atoms with E-state index < -0.39 is 23.3 Å². The predicted octanol–water partition coefficient (Wildman–Crippen LogP) is 5.83. The van der Waals surface area contributed by atoms with Crippen molar-refractivity contribution in [2.75, 3.05) is 51.3 Å². The predicted molar refractivity (Wildman–Crippen MR) is 201 cm³/mol. The number of fused-ring (bicyclic) bond motifs is 4. The van der Waals surface area contributed by atoms with Gasteiger partial charge in [-0.1, -0.05) is 12.0 Å². The topological polar surface area (TPSA) is 140 Å². The van der Waals surface area contributed by atoms with Crippen molar-refractivity contribution in [2.45, 2.75) is 75.2 Å². The molecule has 2 bridgehead atoms. The Morgan fingerprint density at radius 3 is 2.43 bits per heavy atom. The standard InChI is InChI=1S/C41H41F3N8O4/c1-3-28-30(43)7-4-23-16-27(53)17-29(31(23)28)34-33(44)35-32(37(46-34)55-2)36(48-38(47-35)56-22-40(10-11-40)21-50-14-8-24(42)9-15-50)51-18-25-5-6-26(19-51)52(25)39(54)49-41(20-45)12-13-41/h1,4,7,16-17,24-26,53H,5-6,8-15,18-19,21-22H2,2H3,(H,49,54). The largest absolute Gasteiger partial charge is 0.508 e. The van der Waals surface area contributed by atoms with Crippen LogP contribution in [0.3, 0.4) is 0 Å². The van der Waals surface area contributed by atoms with Crippen LogP contribution in [0.1, 0.15) is 56.9 Å². The van der Waals surface area contributed by atoms with E-state index >= 15 is 8.78 Å². The maximum absolute atomic E-state index is 17.3. The number of hydrogen-bond donors (Lipinski definition) is 2. The third kappa shape index (κ3) is 6.32. The number of phenolic OH excluding ortho intramolecular Hbond substituents is 1. The van der Waals surface area contributed by atoms with Crippen LogP contribution >= 0.6 is 0 Å². The van der Waals surface area contributed by atoms with Gasteiger partial charge >= 0.3 is 12.0 Å². The number of urea groups is 1. The Labute approximate surface area is 321 Å². The number of benzene rings is 2. The van der Waals surface area contributed by atoms with Crippen LogP contribution in [0.25, 0.3) is 32.9 Å². The van der Waals surface area contributed by atoms with Gasteiger partial charge in [0, 0.05) is 49.1 Å². The molecule has 12 nitrogen and oxygen atoms in total. The highest BCUT2D eigenvalue weighted by Crippen LogP contribution is 2.48. The lowest BCUT2D eigenvalue weighted by molar-refractivity contribution is 0.107. The summed E-state index contributed by atoms with van der Waals surface area (Å²) in [5.74, 6) is 0.895. The van der Waals surface area contributed by atoms with Gasteiger partial charge in [-0.05, 0) is 75.0 Å². The molecule has 4 aromatic rings. The van der Waals surface area contributed by atoms with Gasteiger partial charge < -0.3 is 34.6 Å². The van der Waals surface area contributed by atoms with Gasteiger partial charge in [-0.15, -0.1) is 6.42 Å². The summed E-state index contributed by atoms with van der Waals surface area (Å²) in [6.45, 7) is 3.09. The molecule has 290 valence electrons. The highest BCUT2D eigenvalue weighted by Gasteiger charge is 2.50. The first-order valence-corrected chi connectivity index (χ1v) is 19.2. The van der Waals surface area contributed by atoms with Crippen LogP contribution in [0, 0.1) is 40.7 Å². The van der Waals surface area contributed by atoms with Gasteiger partial charge in [-0.25, -0.2) is 22.9 Å². The molecule has 2 saturated carbocycles. The van der Waals surface area contributed by atoms with E-state index in [1.807, 2.05) is 9.80 Å². The third-order valence-electron chi connectivity index (χ3n) is 12.2. The minimum atomic E-state index is -0.879. The smallest absolute Gasteiger partial charge is 0.319 e. The van der Waals surface area contributed by atoms with Crippen LogP contribution in [0.15, 0.2) is 24.3 Å². The number of aromatic hydroxyl groups is 1. The van der Waals surface area contributed by atoms with Gasteiger partial charge in [0.2, 0.25) is 5.88 Å². The molecule has 2 atom stereocenters. The van der Waals surface area contributed by atoms with Crippen molar-refractivity contribution in [1.29, 1.82) is 5.26 Å². The Hall–Kier alpha value is -5.54. The lowest BCUT2D eigenvalue weighted by Crippen LogP contribution is -2.59. The first kappa shape index (κ1) is 36.1. The molecule has 9 rings (SSSR count). The number of alkyl halides is 1. The van der Waals surface area contributed by atoms with E-state index in [0.717, 1.165) is 32.2 Å². The second-order valence-electron chi connectivity index (χ2n) is 16.1. The van der Waals surface area contributed by atoms with Gasteiger partial charge in [-0.3, -0.25) is 0 Å². The summed E-state index contributed by atoms with van der Waals surface area (Å²) >= 11 is 0. The van der Waals surface area contributed by atoms with E-state index in [2.05, 4.69) is 32.2 Å². The summed E-state index contributed by atoms with van der Waals surface area (Å²) in [5.41, 5.74) is -1.48. The van der Waals surface area contributed by atoms with Crippen LogP contribution in [-0.2, 0) is 0 Å². The Bertz CT molecular complexity index is 2330. The molecular weight excluding hydrogens is 725 g/mol. The molecule has 3 aliphatic heterocycles. The fourth-order valence-electron chi connectivity index (χ4n) is 8.82. The van der Waals surface area contributed by atoms with Crippen molar-refractivity contribution in [3.63, 3.8) is 0 Å². The third-order valence-corrected chi connectivity index (χ3v) is 12.2. The Balaban J connectivity index is 1.13. The van der Waals surface area contributed by atoms with Crippen LogP contribution in [0.4, 0.5) is 23.8 Å². The number of piperazine rings is 1. The minimum absolute atomic E-state index is 0.0137. The molecule has 5 fully saturated rings. The summed E-state index contributed by atoms with van der Waals surface area (Å²) in [6.07, 6.45) is 10.5. The number of amides is 2. The van der Waals surface area contributed by atoms with E-state index in [4.69, 9.17) is 20.9 Å². The van der Waals surface area contributed by atoms with Crippen molar-refractivity contribution < 1.29 is 32.5 Å². The van der Waals surface area contributed by atoms with Crippen LogP contribution in [0.5, 0.6) is 17.6 Å². The molecule has 5 heterocycles. The highest BCUT2D eigenvalue weighted by atomic mass is 19.1. The van der Waals surface area contributed by atoms with Crippen molar-refractivity contribution in [1.82, 2.24) is 30.1 Å². The SMILES string of the molecule is C#Cc1c(F)ccc2cc(O)cc(-c3nc(OC)c4c(N5CC6CCC(C5)N6C(=O)NC5(C#N)CC5)nc(OCC5(CN6CCC(F)CC6)CC5)nc4c3F)c12. The zero-order valence-corrected chi connectivity index (χ0v) is 31.0. The van der Waals surface area contributed by atoms with Gasteiger partial charge in [-0.2, -0.15) is 15.2 Å². The molecule has 5 aliphatic rings. The average molecular weight is 767 g/mol. The number of rotatable bonds is 9. The van der Waals surface area contributed by atoms with Crippen LogP contribution < -0.4 is 19.7 Å². The number of nitrogens with zero attached hydrogens (tertiary/aromatic N) is 7. The molecule has 15 heteroatoms. The first-order chi connectivity index (χ1) is 27.0. The summed E-state index contributed by atoms with van der Waals surface area (Å²) in [4.78, 5) is 33.7. The molecule has 2 aromatic heterocycles. The number of terminal acetylenes is 1. The molecule has 56 heavy (non-hydrogen) atoms. The van der Waals surface area contributed by atoms with Gasteiger partial charge in [0.15, 0.2) is 5.82 Å². The van der Waals surface area contributed by atoms with Crippen molar-refractivity contribution in [3.8, 4) is 47.3 Å². The quantitative estimate of drug-likeness (QED) is 0.200. The number of ether oxygens (including phenoxy) is 2. The molecule has 2 unspecified atom stereocenters. The van der Waals surface area contributed by atoms with Crippen LogP contribution in [0.2, 0.25) is 0 Å². The van der Waals surface area contributed by atoms with Crippen molar-refractivity contribution in [2.24, 2.45) is 5.41 Å². The fourth-order valence-corrected chi connectivity index (χ4v) is 8.82. The van der Waals surface area contributed by atoms with Gasteiger partial charge in [0.25, 0.3) is 0 Å². The molecule has 2 aliphatic carbocycles. The number of carbonyl (C=O) groups excluding carboxylic acids is 1. The van der Waals surface area contributed by atoms with Gasteiger partial charge in [0.05, 0.1) is 37.4 Å². The molecular formula is C41H41F3N8O4. The number of nitrogens with one attached hydrogen (secondary N) is 1. The lowest BCUT2D eigenvalue weighted by Gasteiger charge is -2.42. The number of anilines is 1. The Morgan fingerprint density at radius 1 is 1.05 bits per heavy atom. The molecule has 2 aromatic carbocycles. The zero-order chi connectivity index (χ0) is 38.9. The lowest BCUT2D eigenvalue weighted by atomic mass is 9.95. The first-order valence-electron chi connectivity index (χ1n) is 19.2. The number of hydrogen-bond acceptors (Lipinski definition) is 10. The fraction of sp³-hybridized carbons (Fsp3) is 0.488. The molecule has 0 radical (unpaired) electrons. The molecule has 2 N–H and O–H groups in total. The monoisotopic (exact) mass is 766 g/mol. The summed E-state index contributed by atoms with van der Waals surface area (Å²) < 4.78 is 58.4. The maximum atomic E-state index is 17.3. The minimum Gasteiger partial charge on any atom is -0.508 e. The molecule has 3 saturated heterocycles. The number of methoxy groups -OCH3 is 1. The zero-order valence-electron chi connectivity index (χ0n) is 31.0. The highest BCUT2D eigenvalue weighted by molar-refractivity contribution is 6.04. The van der Waals surface area contributed by atoms with E-state index in [9.17, 15) is 19.6 Å². The summed E-state index contributed by atoms with van der Waals surface area (Å²) in [6, 6.07) is 6.80. The number of carbonyl (C=O) groups is 1. The average Bonchev–Trinajstić information content (AvgIpc) is 4.13. The number of likely N-dealkylation sites (tertiary alicyclic amines) is 1. The van der Waals surface area contributed by atoms with E-state index in [1.165, 1.54) is 31.4 Å². The maximum Gasteiger partial charge on any atom is 0.319 e. The number of halogens is 3. The second kappa shape index (κ2) is 13.6. The van der Waals surface area contributed by atoms with E-state index in [0.29, 0.717) is 63.1 Å². The second-order valence-corrected chi connectivity index (χ2v) is 16.1. The van der Waals surface area contributed by atoms with Gasteiger partial charge in [0.1, 0.15) is 45.7 Å². The van der Waals surface area contributed by atoms with Crippen molar-refractivity contribution >= 4 is 33.5 Å². The molecule has 0 spiro atoms. The van der Waals surface area contributed by atoms with Crippen LogP contribution in [-0.4, -0.2) is 106 Å². The Kier molecular flexibility index (Phi) is 8.76. The van der Waals surface area contributed by atoms with E-state index in [1.54, 1.807) is 0 Å². The number of phenols is 1. The summed E-state index contributed by atoms with van der Waals surface area (Å²) in [5, 5.41) is 24.0. The number of aromatic nitrogens is 3. The van der Waals surface area contributed by atoms with E-state index in [-0.39, 0.29) is 80.9 Å².